The topological polar surface area (TPSA) is 161 Å². The summed E-state index contributed by atoms with van der Waals surface area (Å²) in [5.74, 6) is -4.92. The normalized spacial score (nSPS) is 13.2. The van der Waals surface area contributed by atoms with Crippen molar-refractivity contribution in [1.82, 2.24) is 14.0 Å². The number of carboxylic acids is 1. The Balaban J connectivity index is 0.000000582. The number of nitro groups is 1. The van der Waals surface area contributed by atoms with Crippen molar-refractivity contribution in [3.63, 3.8) is 0 Å². The number of benzene rings is 2. The number of hydrogen-bond donors (Lipinski definition) is 0. The first-order chi connectivity index (χ1) is 22.6. The predicted molar refractivity (Wildman–Crippen MR) is 160 cm³/mol. The van der Waals surface area contributed by atoms with E-state index < -0.39 is 41.6 Å². The Labute approximate surface area is 268 Å². The third-order valence-corrected chi connectivity index (χ3v) is 7.52. The Morgan fingerprint density at radius 1 is 0.896 bits per heavy atom. The number of carbonyl (C=O) groups is 4. The van der Waals surface area contributed by atoms with E-state index in [1.807, 2.05) is 35.9 Å². The fraction of sp³-hybridized carbons (Fsp3) is 0.156. The number of aryl methyl sites for hydroxylation is 3. The molecule has 0 fully saturated rings. The second-order valence-corrected chi connectivity index (χ2v) is 10.7. The lowest BCUT2D eigenvalue weighted by atomic mass is 9.95. The highest BCUT2D eigenvalue weighted by Gasteiger charge is 2.42. The highest BCUT2D eigenvalue weighted by atomic mass is 19.4. The van der Waals surface area contributed by atoms with E-state index in [9.17, 15) is 37.7 Å². The van der Waals surface area contributed by atoms with E-state index in [4.69, 9.17) is 14.6 Å². The van der Waals surface area contributed by atoms with Gasteiger partial charge >= 0.3 is 12.1 Å². The van der Waals surface area contributed by atoms with E-state index in [2.05, 4.69) is 0 Å². The highest BCUT2D eigenvalue weighted by Crippen LogP contribution is 2.42. The number of fused-ring (bicyclic) bond motifs is 2. The minimum Gasteiger partial charge on any atom is -0.542 e. The number of ether oxygens (including phenoxy) is 1. The van der Waals surface area contributed by atoms with E-state index in [1.54, 1.807) is 66.2 Å². The van der Waals surface area contributed by atoms with Crippen molar-refractivity contribution in [2.24, 2.45) is 21.1 Å². The summed E-state index contributed by atoms with van der Waals surface area (Å²) in [6.45, 7) is -0.580. The maximum atomic E-state index is 14.0. The first kappa shape index (κ1) is 33.1. The lowest BCUT2D eigenvalue weighted by Gasteiger charge is -2.15. The van der Waals surface area contributed by atoms with Gasteiger partial charge < -0.3 is 23.8 Å². The van der Waals surface area contributed by atoms with Gasteiger partial charge in [0.05, 0.1) is 21.6 Å². The van der Waals surface area contributed by atoms with Crippen LogP contribution in [0, 0.1) is 10.1 Å². The van der Waals surface area contributed by atoms with Crippen LogP contribution >= 0.6 is 0 Å². The van der Waals surface area contributed by atoms with Crippen molar-refractivity contribution in [3.05, 3.63) is 106 Å². The van der Waals surface area contributed by atoms with E-state index in [0.29, 0.717) is 22.0 Å². The molecular formula is C32H24F3N5O8. The van der Waals surface area contributed by atoms with Crippen LogP contribution in [-0.4, -0.2) is 55.6 Å². The van der Waals surface area contributed by atoms with Gasteiger partial charge in [-0.3, -0.25) is 19.7 Å². The summed E-state index contributed by atoms with van der Waals surface area (Å²) in [5, 5.41) is 21.5. The molecule has 0 bridgehead atoms. The number of esters is 1. The molecule has 0 aliphatic carbocycles. The molecule has 48 heavy (non-hydrogen) atoms. The zero-order valence-electron chi connectivity index (χ0n) is 25.3. The number of pyridine rings is 1. The number of aliphatic carboxylic acids is 1. The van der Waals surface area contributed by atoms with Gasteiger partial charge in [0.1, 0.15) is 18.6 Å². The Morgan fingerprint density at radius 2 is 1.46 bits per heavy atom. The minimum atomic E-state index is -5.19. The quantitative estimate of drug-likeness (QED) is 0.0882. The Bertz CT molecular complexity index is 2200. The van der Waals surface area contributed by atoms with Gasteiger partial charge in [0.15, 0.2) is 19.1 Å². The maximum absolute atomic E-state index is 14.0. The number of amides is 2. The number of hydrogen-bond acceptors (Lipinski definition) is 8. The molecule has 2 amide bonds. The molecule has 13 nitrogen and oxygen atoms in total. The number of nitro benzene ring substituents is 1. The molecule has 0 spiro atoms. The maximum Gasteiger partial charge on any atom is 0.430 e. The number of nitrogens with zero attached hydrogens (tertiary/aromatic N) is 5. The molecule has 4 heterocycles. The standard InChI is InChI=1S/C30H24N5O6.C2HF3O2/c1-31-12-6-7-18(14-31)30(38)41-17-34-28(36)26(22-15-32(2)24-9-5-4-8-20(22)24)27(29(34)37)23-16-33(3)25-13-19(35(39)40)10-11-21(23)25;3-2(4,5)1(6)7/h4-16H,17H2,1-3H3;(H,6,7)/q+1;/p-1. The van der Waals surface area contributed by atoms with Crippen molar-refractivity contribution in [1.29, 1.82) is 0 Å². The number of para-hydroxylation sites is 1. The summed E-state index contributed by atoms with van der Waals surface area (Å²) in [6, 6.07) is 15.2. The number of carboxylic acid groups (broad SMARTS) is 1. The highest BCUT2D eigenvalue weighted by molar-refractivity contribution is 6.50. The monoisotopic (exact) mass is 663 g/mol. The molecule has 0 saturated heterocycles. The fourth-order valence-corrected chi connectivity index (χ4v) is 5.33. The van der Waals surface area contributed by atoms with Crippen LogP contribution in [0.25, 0.3) is 33.0 Å². The summed E-state index contributed by atoms with van der Waals surface area (Å²) < 4.78 is 42.2. The van der Waals surface area contributed by atoms with Crippen LogP contribution in [0.4, 0.5) is 18.9 Å². The Hall–Kier alpha value is -6.32. The van der Waals surface area contributed by atoms with Crippen LogP contribution in [0.15, 0.2) is 79.4 Å². The zero-order chi connectivity index (χ0) is 35.1. The van der Waals surface area contributed by atoms with Crippen molar-refractivity contribution < 1.29 is 51.7 Å². The molecule has 0 atom stereocenters. The number of rotatable bonds is 6. The van der Waals surface area contributed by atoms with Crippen LogP contribution in [0.3, 0.4) is 0 Å². The Morgan fingerprint density at radius 3 is 2.02 bits per heavy atom. The SMILES string of the molecule is Cn1cc(C2=C(c3cn(C)c4cc([N+](=O)[O-])ccc34)C(=O)N(COC(=O)c3ccc[n+](C)c3)C2=O)c2ccccc21.O=C([O-])C(F)(F)F. The van der Waals surface area contributed by atoms with Crippen molar-refractivity contribution in [2.75, 3.05) is 6.73 Å². The van der Waals surface area contributed by atoms with Gasteiger partial charge in [-0.05, 0) is 18.2 Å². The van der Waals surface area contributed by atoms with Gasteiger partial charge in [-0.2, -0.15) is 13.2 Å². The number of carbonyl (C=O) groups excluding carboxylic acids is 4. The molecule has 2 aromatic carbocycles. The van der Waals surface area contributed by atoms with Gasteiger partial charge in [-0.25, -0.2) is 14.3 Å². The van der Waals surface area contributed by atoms with Gasteiger partial charge in [-0.15, -0.1) is 0 Å². The number of non-ortho nitro benzene ring substituents is 1. The van der Waals surface area contributed by atoms with Crippen LogP contribution in [0.5, 0.6) is 0 Å². The van der Waals surface area contributed by atoms with E-state index in [0.717, 1.165) is 15.8 Å². The summed E-state index contributed by atoms with van der Waals surface area (Å²) in [4.78, 5) is 61.4. The summed E-state index contributed by atoms with van der Waals surface area (Å²) in [6.07, 6.45) is 1.62. The van der Waals surface area contributed by atoms with Crippen LogP contribution < -0.4 is 9.67 Å². The molecule has 16 heteroatoms. The molecule has 3 aromatic heterocycles. The smallest absolute Gasteiger partial charge is 0.430 e. The number of alkyl halides is 3. The molecule has 6 rings (SSSR count). The van der Waals surface area contributed by atoms with Crippen LogP contribution in [-0.2, 0) is 40.3 Å². The lowest BCUT2D eigenvalue weighted by molar-refractivity contribution is -0.671. The number of aromatic nitrogens is 3. The number of imide groups is 1. The van der Waals surface area contributed by atoms with Gasteiger partial charge in [0.25, 0.3) is 17.5 Å². The third-order valence-electron chi connectivity index (χ3n) is 7.52. The van der Waals surface area contributed by atoms with E-state index >= 15 is 0 Å². The Kier molecular flexibility index (Phi) is 8.58. The molecular weight excluding hydrogens is 639 g/mol. The van der Waals surface area contributed by atoms with Crippen molar-refractivity contribution in [3.8, 4) is 0 Å². The second-order valence-electron chi connectivity index (χ2n) is 10.7. The molecule has 0 unspecified atom stereocenters. The predicted octanol–water partition coefficient (Wildman–Crippen LogP) is 2.80. The number of halogens is 3. The van der Waals surface area contributed by atoms with Crippen LogP contribution in [0.1, 0.15) is 21.5 Å². The van der Waals surface area contributed by atoms with Crippen molar-refractivity contribution >= 4 is 62.4 Å². The minimum absolute atomic E-state index is 0.0924. The largest absolute Gasteiger partial charge is 0.542 e. The lowest BCUT2D eigenvalue weighted by Crippen LogP contribution is -2.37. The van der Waals surface area contributed by atoms with Crippen LogP contribution in [0.2, 0.25) is 0 Å². The van der Waals surface area contributed by atoms with E-state index in [-0.39, 0.29) is 22.4 Å². The van der Waals surface area contributed by atoms with Gasteiger partial charge in [0, 0.05) is 72.1 Å². The molecule has 0 N–H and O–H groups in total. The molecule has 246 valence electrons. The second kappa shape index (κ2) is 12.5. The average Bonchev–Trinajstić information content (AvgIpc) is 3.63. The molecule has 5 aromatic rings. The molecule has 0 radical (unpaired) electrons. The first-order valence-corrected chi connectivity index (χ1v) is 13.9. The zero-order valence-corrected chi connectivity index (χ0v) is 25.3. The fourth-order valence-electron chi connectivity index (χ4n) is 5.33. The summed E-state index contributed by atoms with van der Waals surface area (Å²) in [7, 11) is 5.33. The molecule has 1 aliphatic rings. The van der Waals surface area contributed by atoms with Gasteiger partial charge in [-0.1, -0.05) is 18.2 Å². The average molecular weight is 664 g/mol. The summed E-state index contributed by atoms with van der Waals surface area (Å²) in [5.41, 5.74) is 2.87. The first-order valence-electron chi connectivity index (χ1n) is 13.9. The third kappa shape index (κ3) is 6.10. The molecule has 0 saturated carbocycles. The van der Waals surface area contributed by atoms with E-state index in [1.165, 1.54) is 12.1 Å². The van der Waals surface area contributed by atoms with Crippen molar-refractivity contribution in [2.45, 2.75) is 6.18 Å². The van der Waals surface area contributed by atoms with Gasteiger partial charge in [0.2, 0.25) is 0 Å². The molecule has 1 aliphatic heterocycles. The summed E-state index contributed by atoms with van der Waals surface area (Å²) >= 11 is 0.